The molecule has 2 aliphatic heterocycles. The summed E-state index contributed by atoms with van der Waals surface area (Å²) in [5.41, 5.74) is 0.435. The van der Waals surface area contributed by atoms with Crippen LogP contribution in [-0.4, -0.2) is 47.7 Å². The van der Waals surface area contributed by atoms with Gasteiger partial charge < -0.3 is 14.2 Å². The highest BCUT2D eigenvalue weighted by atomic mass is 32.2. The van der Waals surface area contributed by atoms with E-state index in [9.17, 15) is 13.8 Å². The molecule has 0 bridgehead atoms. The molecule has 1 saturated heterocycles. The van der Waals surface area contributed by atoms with E-state index in [1.807, 2.05) is 0 Å². The third kappa shape index (κ3) is 4.46. The van der Waals surface area contributed by atoms with Crippen LogP contribution in [0.3, 0.4) is 0 Å². The molecule has 0 unspecified atom stereocenters. The number of hydrogen-bond acceptors (Lipinski definition) is 5. The molecule has 27 heavy (non-hydrogen) atoms. The van der Waals surface area contributed by atoms with Crippen molar-refractivity contribution in [3.05, 3.63) is 34.5 Å². The number of aliphatic imine (C=N–C) groups is 1. The zero-order chi connectivity index (χ0) is 19.8. The second-order valence-electron chi connectivity index (χ2n) is 7.59. The largest absolute Gasteiger partial charge is 0.480 e. The number of amidine groups is 1. The monoisotopic (exact) mass is 410 g/mol. The Bertz CT molecular complexity index is 870. The first kappa shape index (κ1) is 20.2. The van der Waals surface area contributed by atoms with Crippen LogP contribution in [0.1, 0.15) is 32.3 Å². The van der Waals surface area contributed by atoms with Crippen LogP contribution in [0, 0.1) is 5.82 Å². The fourth-order valence-corrected chi connectivity index (χ4v) is 3.96. The van der Waals surface area contributed by atoms with E-state index in [-0.39, 0.29) is 5.91 Å². The van der Waals surface area contributed by atoms with E-state index in [4.69, 9.17) is 4.74 Å². The Morgan fingerprint density at radius 1 is 1.30 bits per heavy atom. The van der Waals surface area contributed by atoms with Gasteiger partial charge in [-0.1, -0.05) is 0 Å². The fourth-order valence-electron chi connectivity index (χ4n) is 2.69. The molecule has 5 nitrogen and oxygen atoms in total. The summed E-state index contributed by atoms with van der Waals surface area (Å²) in [6.45, 7) is 8.60. The molecule has 0 saturated carbocycles. The van der Waals surface area contributed by atoms with Crippen LogP contribution >= 0.6 is 18.9 Å². The lowest BCUT2D eigenvalue weighted by molar-refractivity contribution is -0.113. The first-order valence-corrected chi connectivity index (χ1v) is 12.3. The molecule has 8 heteroatoms. The number of likely N-dealkylation sites (tertiary alicyclic amines) is 1. The van der Waals surface area contributed by atoms with Gasteiger partial charge in [-0.15, -0.1) is 0 Å². The molecule has 0 aliphatic carbocycles. The maximum Gasteiger partial charge on any atom is 0.286 e. The number of carbonyl (C=O) groups excluding carboxylic acids is 1. The maximum atomic E-state index is 13.8. The minimum atomic E-state index is -2.58. The van der Waals surface area contributed by atoms with Gasteiger partial charge >= 0.3 is 0 Å². The van der Waals surface area contributed by atoms with Crippen LogP contribution in [0.15, 0.2) is 28.1 Å². The summed E-state index contributed by atoms with van der Waals surface area (Å²) in [6, 6.07) is 4.11. The Balaban J connectivity index is 1.89. The van der Waals surface area contributed by atoms with Gasteiger partial charge in [-0.3, -0.25) is 4.79 Å². The van der Waals surface area contributed by atoms with Crippen molar-refractivity contribution in [3.63, 3.8) is 0 Å². The predicted octanol–water partition coefficient (Wildman–Crippen LogP) is 4.63. The number of thioether (sulfide) groups is 1. The molecule has 0 radical (unpaired) electrons. The molecule has 0 N–H and O–H groups in total. The van der Waals surface area contributed by atoms with Gasteiger partial charge in [0.2, 0.25) is 0 Å². The molecule has 0 spiro atoms. The van der Waals surface area contributed by atoms with E-state index in [0.717, 1.165) is 25.9 Å². The quantitative estimate of drug-likeness (QED) is 0.535. The summed E-state index contributed by atoms with van der Waals surface area (Å²) >= 11 is 1.30. The van der Waals surface area contributed by atoms with Gasteiger partial charge in [0.25, 0.3) is 5.91 Å². The van der Waals surface area contributed by atoms with Gasteiger partial charge in [0, 0.05) is 18.7 Å². The second-order valence-corrected chi connectivity index (χ2v) is 12.4. The molecular weight excluding hydrogens is 386 g/mol. The van der Waals surface area contributed by atoms with Crippen LogP contribution in [0.5, 0.6) is 5.75 Å². The molecule has 3 rings (SSSR count). The third-order valence-electron chi connectivity index (χ3n) is 4.90. The summed E-state index contributed by atoms with van der Waals surface area (Å²) < 4.78 is 32.3. The van der Waals surface area contributed by atoms with Crippen LogP contribution in [-0.2, 0) is 9.36 Å². The van der Waals surface area contributed by atoms with Crippen LogP contribution in [0.2, 0.25) is 0 Å². The molecule has 2 heterocycles. The molecule has 0 aromatic heterocycles. The van der Waals surface area contributed by atoms with Crippen molar-refractivity contribution in [1.82, 2.24) is 4.90 Å². The minimum Gasteiger partial charge on any atom is -0.480 e. The molecule has 1 amide bonds. The van der Waals surface area contributed by atoms with Crippen LogP contribution < -0.4 is 4.74 Å². The highest BCUT2D eigenvalue weighted by Crippen LogP contribution is 2.52. The van der Waals surface area contributed by atoms with Crippen molar-refractivity contribution in [3.8, 4) is 5.75 Å². The predicted molar refractivity (Wildman–Crippen MR) is 109 cm³/mol. The average Bonchev–Trinajstić information content (AvgIpc) is 3.19. The van der Waals surface area contributed by atoms with Crippen molar-refractivity contribution in [2.24, 2.45) is 4.99 Å². The third-order valence-corrected chi connectivity index (χ3v) is 8.63. The molecule has 1 aromatic rings. The van der Waals surface area contributed by atoms with E-state index in [2.05, 4.69) is 9.89 Å². The van der Waals surface area contributed by atoms with E-state index >= 15 is 0 Å². The Labute approximate surface area is 163 Å². The first-order valence-electron chi connectivity index (χ1n) is 8.88. The van der Waals surface area contributed by atoms with E-state index in [0.29, 0.717) is 21.4 Å². The Morgan fingerprint density at radius 3 is 2.59 bits per heavy atom. The van der Waals surface area contributed by atoms with Crippen molar-refractivity contribution in [2.75, 3.05) is 26.4 Å². The van der Waals surface area contributed by atoms with E-state index in [1.54, 1.807) is 33.3 Å². The lowest BCUT2D eigenvalue weighted by Crippen LogP contribution is -2.27. The normalized spacial score (nSPS) is 19.7. The molecule has 1 aromatic carbocycles. The van der Waals surface area contributed by atoms with E-state index in [1.165, 1.54) is 30.0 Å². The van der Waals surface area contributed by atoms with Gasteiger partial charge in [-0.2, -0.15) is 4.99 Å². The Morgan fingerprint density at radius 2 is 1.96 bits per heavy atom. The fraction of sp³-hybridized carbons (Fsp3) is 0.474. The molecule has 0 atom stereocenters. The first-order chi connectivity index (χ1) is 12.6. The van der Waals surface area contributed by atoms with Gasteiger partial charge in [0.1, 0.15) is 18.7 Å². The highest BCUT2D eigenvalue weighted by Gasteiger charge is 2.35. The summed E-state index contributed by atoms with van der Waals surface area (Å²) in [5, 5.41) is -0.211. The van der Waals surface area contributed by atoms with Crippen molar-refractivity contribution in [2.45, 2.75) is 32.0 Å². The van der Waals surface area contributed by atoms with E-state index < -0.39 is 18.3 Å². The van der Waals surface area contributed by atoms with Crippen LogP contribution in [0.25, 0.3) is 6.08 Å². The highest BCUT2D eigenvalue weighted by molar-refractivity contribution is 8.18. The zero-order valence-electron chi connectivity index (χ0n) is 16.0. The number of carbonyl (C=O) groups is 1. The Hall–Kier alpha value is -1.59. The summed E-state index contributed by atoms with van der Waals surface area (Å²) in [7, 11) is -2.58. The Kier molecular flexibility index (Phi) is 5.55. The van der Waals surface area contributed by atoms with Crippen LogP contribution in [0.4, 0.5) is 4.39 Å². The molecular formula is C19H24FN2O3PS. The SMILES string of the molecule is CC(C)(Oc1ccc(F)cc1/C=C1\SC(N2CCCC2)=NC1=O)P(C)(C)=O. The number of hydrogen-bond donors (Lipinski definition) is 0. The summed E-state index contributed by atoms with van der Waals surface area (Å²) in [5.74, 6) is -0.367. The second kappa shape index (κ2) is 7.44. The number of benzene rings is 1. The topological polar surface area (TPSA) is 59.0 Å². The number of ether oxygens (including phenoxy) is 1. The molecule has 2 aliphatic rings. The lowest BCUT2D eigenvalue weighted by atomic mass is 10.1. The van der Waals surface area contributed by atoms with Crippen molar-refractivity contribution >= 4 is 36.1 Å². The smallest absolute Gasteiger partial charge is 0.286 e. The number of nitrogens with zero attached hydrogens (tertiary/aromatic N) is 2. The van der Waals surface area contributed by atoms with Crippen molar-refractivity contribution in [1.29, 1.82) is 0 Å². The van der Waals surface area contributed by atoms with Gasteiger partial charge in [0.15, 0.2) is 10.5 Å². The number of rotatable bonds is 4. The molecule has 1 fully saturated rings. The van der Waals surface area contributed by atoms with Gasteiger partial charge in [-0.25, -0.2) is 4.39 Å². The average molecular weight is 410 g/mol. The van der Waals surface area contributed by atoms with Crippen molar-refractivity contribution < 1.29 is 18.5 Å². The number of amides is 1. The number of halogens is 1. The summed E-state index contributed by atoms with van der Waals surface area (Å²) in [6.07, 6.45) is 3.79. The lowest BCUT2D eigenvalue weighted by Gasteiger charge is -2.31. The van der Waals surface area contributed by atoms with Gasteiger partial charge in [0.05, 0.1) is 4.91 Å². The maximum absolute atomic E-state index is 13.8. The standard InChI is InChI=1S/C19H24FN2O3PS/c1-19(2,26(3,4)24)25-15-8-7-14(20)11-13(15)12-16-17(23)21-18(27-16)22-9-5-6-10-22/h7-8,11-12H,5-6,9-10H2,1-4H3/b16-12-. The minimum absolute atomic E-state index is 0.326. The van der Waals surface area contributed by atoms with Gasteiger partial charge in [-0.05, 0) is 76.1 Å². The zero-order valence-corrected chi connectivity index (χ0v) is 17.7. The molecule has 146 valence electrons. The summed E-state index contributed by atoms with van der Waals surface area (Å²) in [4.78, 5) is 19.0.